The average Bonchev–Trinajstić information content (AvgIpc) is 2.86. The van der Waals surface area contributed by atoms with Gasteiger partial charge in [0.05, 0.1) is 6.61 Å². The Hall–Kier alpha value is -1.06. The Bertz CT molecular complexity index is 397. The second kappa shape index (κ2) is 7.51. The van der Waals surface area contributed by atoms with Crippen LogP contribution in [0.3, 0.4) is 0 Å². The predicted molar refractivity (Wildman–Crippen MR) is 76.5 cm³/mol. The first-order valence-electron chi connectivity index (χ1n) is 6.79. The summed E-state index contributed by atoms with van der Waals surface area (Å²) >= 11 is 5.50. The van der Waals surface area contributed by atoms with Gasteiger partial charge < -0.3 is 10.1 Å². The lowest BCUT2D eigenvalue weighted by atomic mass is 10.1. The van der Waals surface area contributed by atoms with Crippen molar-refractivity contribution in [3.05, 3.63) is 35.4 Å². The van der Waals surface area contributed by atoms with Crippen LogP contribution >= 0.6 is 11.6 Å². The van der Waals surface area contributed by atoms with E-state index in [9.17, 15) is 4.79 Å². The molecule has 1 aromatic carbocycles. The van der Waals surface area contributed by atoms with Crippen molar-refractivity contribution in [2.45, 2.75) is 19.3 Å². The topological polar surface area (TPSA) is 38.3 Å². The van der Waals surface area contributed by atoms with Crippen molar-refractivity contribution in [2.24, 2.45) is 5.92 Å². The number of nitrogens with one attached hydrogen (secondary N) is 1. The quantitative estimate of drug-likeness (QED) is 0.614. The molecule has 0 fully saturated rings. The Morgan fingerprint density at radius 2 is 1.95 bits per heavy atom. The molecule has 1 N–H and O–H groups in total. The molecule has 2 rings (SSSR count). The lowest BCUT2D eigenvalue weighted by molar-refractivity contribution is -0.124. The first kappa shape index (κ1) is 14.4. The largest absolute Gasteiger partial charge is 0.380 e. The number of hydrogen-bond donors (Lipinski definition) is 1. The Morgan fingerprint density at radius 3 is 2.58 bits per heavy atom. The summed E-state index contributed by atoms with van der Waals surface area (Å²) in [6.45, 7) is 1.90. The van der Waals surface area contributed by atoms with Crippen LogP contribution in [-0.4, -0.2) is 31.5 Å². The molecule has 1 amide bonds. The van der Waals surface area contributed by atoms with E-state index in [1.807, 2.05) is 12.1 Å². The van der Waals surface area contributed by atoms with E-state index in [0.29, 0.717) is 25.6 Å². The monoisotopic (exact) mass is 281 g/mol. The van der Waals surface area contributed by atoms with Crippen molar-refractivity contribution in [2.75, 3.05) is 25.6 Å². The van der Waals surface area contributed by atoms with Crippen LogP contribution in [0.2, 0.25) is 0 Å². The molecule has 104 valence electrons. The molecule has 0 atom stereocenters. The maximum atomic E-state index is 12.0. The molecule has 0 saturated heterocycles. The predicted octanol–water partition coefficient (Wildman–Crippen LogP) is 2.16. The van der Waals surface area contributed by atoms with E-state index in [2.05, 4.69) is 17.4 Å². The molecule has 0 aliphatic heterocycles. The Labute approximate surface area is 119 Å². The molecule has 0 bridgehead atoms. The second-order valence-electron chi connectivity index (χ2n) is 4.82. The minimum atomic E-state index is 0.0983. The molecule has 1 aromatic rings. The second-order valence-corrected chi connectivity index (χ2v) is 5.20. The third kappa shape index (κ3) is 4.22. The molecule has 0 aromatic heterocycles. The standard InChI is InChI=1S/C15H20ClNO2/c16-6-9-19-8-3-7-17-15(18)14-10-12-4-1-2-5-13(12)11-14/h1-2,4-5,14H,3,6-11H2,(H,17,18). The number of rotatable bonds is 7. The van der Waals surface area contributed by atoms with E-state index in [0.717, 1.165) is 19.3 Å². The maximum absolute atomic E-state index is 12.0. The first-order chi connectivity index (χ1) is 9.31. The van der Waals surface area contributed by atoms with Crippen LogP contribution in [0, 0.1) is 5.92 Å². The molecule has 0 radical (unpaired) electrons. The van der Waals surface area contributed by atoms with Gasteiger partial charge in [-0.25, -0.2) is 0 Å². The minimum Gasteiger partial charge on any atom is -0.380 e. The molecule has 0 heterocycles. The lowest BCUT2D eigenvalue weighted by Crippen LogP contribution is -2.32. The third-order valence-electron chi connectivity index (χ3n) is 3.41. The molecule has 0 saturated carbocycles. The number of carbonyl (C=O) groups is 1. The highest BCUT2D eigenvalue weighted by Gasteiger charge is 2.26. The van der Waals surface area contributed by atoms with Crippen LogP contribution in [0.25, 0.3) is 0 Å². The van der Waals surface area contributed by atoms with Gasteiger partial charge in [0.15, 0.2) is 0 Å². The molecule has 4 heteroatoms. The fraction of sp³-hybridized carbons (Fsp3) is 0.533. The minimum absolute atomic E-state index is 0.0983. The number of fused-ring (bicyclic) bond motifs is 1. The Balaban J connectivity index is 1.66. The van der Waals surface area contributed by atoms with Crippen molar-refractivity contribution < 1.29 is 9.53 Å². The highest BCUT2D eigenvalue weighted by atomic mass is 35.5. The molecule has 0 spiro atoms. The smallest absolute Gasteiger partial charge is 0.223 e. The number of hydrogen-bond acceptors (Lipinski definition) is 2. The number of halogens is 1. The van der Waals surface area contributed by atoms with Gasteiger partial charge in [-0.15, -0.1) is 11.6 Å². The van der Waals surface area contributed by atoms with Crippen molar-refractivity contribution in [3.8, 4) is 0 Å². The molecule has 1 aliphatic carbocycles. The lowest BCUT2D eigenvalue weighted by Gasteiger charge is -2.10. The summed E-state index contributed by atoms with van der Waals surface area (Å²) in [5.41, 5.74) is 2.63. The van der Waals surface area contributed by atoms with E-state index in [4.69, 9.17) is 16.3 Å². The van der Waals surface area contributed by atoms with Gasteiger partial charge in [-0.2, -0.15) is 0 Å². The van der Waals surface area contributed by atoms with Crippen molar-refractivity contribution in [3.63, 3.8) is 0 Å². The van der Waals surface area contributed by atoms with Crippen LogP contribution < -0.4 is 5.32 Å². The van der Waals surface area contributed by atoms with Crippen molar-refractivity contribution >= 4 is 17.5 Å². The van der Waals surface area contributed by atoms with Crippen LogP contribution in [0.5, 0.6) is 0 Å². The normalized spacial score (nSPS) is 14.4. The number of carbonyl (C=O) groups excluding carboxylic acids is 1. The van der Waals surface area contributed by atoms with Crippen LogP contribution in [0.4, 0.5) is 0 Å². The molecular weight excluding hydrogens is 262 g/mol. The third-order valence-corrected chi connectivity index (χ3v) is 3.56. The van der Waals surface area contributed by atoms with Gasteiger partial charge in [0.25, 0.3) is 0 Å². The summed E-state index contributed by atoms with van der Waals surface area (Å²) in [6, 6.07) is 8.30. The summed E-state index contributed by atoms with van der Waals surface area (Å²) in [5, 5.41) is 2.98. The fourth-order valence-corrected chi connectivity index (χ4v) is 2.54. The zero-order valence-electron chi connectivity index (χ0n) is 11.0. The summed E-state index contributed by atoms with van der Waals surface area (Å²) in [6.07, 6.45) is 2.57. The van der Waals surface area contributed by atoms with Gasteiger partial charge in [-0.3, -0.25) is 4.79 Å². The van der Waals surface area contributed by atoms with Gasteiger partial charge in [0.1, 0.15) is 0 Å². The maximum Gasteiger partial charge on any atom is 0.223 e. The summed E-state index contributed by atoms with van der Waals surface area (Å²) in [4.78, 5) is 12.0. The van der Waals surface area contributed by atoms with Gasteiger partial charge >= 0.3 is 0 Å². The van der Waals surface area contributed by atoms with E-state index in [1.165, 1.54) is 11.1 Å². The summed E-state index contributed by atoms with van der Waals surface area (Å²) in [7, 11) is 0. The fourth-order valence-electron chi connectivity index (χ4n) is 2.43. The van der Waals surface area contributed by atoms with Crippen molar-refractivity contribution in [1.29, 1.82) is 0 Å². The molecule has 0 unspecified atom stereocenters. The number of benzene rings is 1. The molecule has 1 aliphatic rings. The number of amides is 1. The average molecular weight is 282 g/mol. The SMILES string of the molecule is O=C(NCCCOCCCl)C1Cc2ccccc2C1. The molecular formula is C15H20ClNO2. The van der Waals surface area contributed by atoms with Crippen LogP contribution in [-0.2, 0) is 22.4 Å². The van der Waals surface area contributed by atoms with E-state index >= 15 is 0 Å². The van der Waals surface area contributed by atoms with E-state index in [1.54, 1.807) is 0 Å². The molecule has 19 heavy (non-hydrogen) atoms. The zero-order chi connectivity index (χ0) is 13.5. The first-order valence-corrected chi connectivity index (χ1v) is 7.33. The van der Waals surface area contributed by atoms with Crippen molar-refractivity contribution in [1.82, 2.24) is 5.32 Å². The summed E-state index contributed by atoms with van der Waals surface area (Å²) in [5.74, 6) is 0.780. The van der Waals surface area contributed by atoms with Gasteiger partial charge in [-0.05, 0) is 30.4 Å². The highest BCUT2D eigenvalue weighted by Crippen LogP contribution is 2.26. The zero-order valence-corrected chi connectivity index (χ0v) is 11.8. The number of ether oxygens (including phenoxy) is 1. The molecule has 3 nitrogen and oxygen atoms in total. The van der Waals surface area contributed by atoms with Gasteiger partial charge in [-0.1, -0.05) is 24.3 Å². The highest BCUT2D eigenvalue weighted by molar-refractivity contribution is 6.17. The van der Waals surface area contributed by atoms with Gasteiger partial charge in [0, 0.05) is 24.9 Å². The van der Waals surface area contributed by atoms with E-state index < -0.39 is 0 Å². The van der Waals surface area contributed by atoms with Gasteiger partial charge in [0.2, 0.25) is 5.91 Å². The van der Waals surface area contributed by atoms with Crippen LogP contribution in [0.15, 0.2) is 24.3 Å². The Kier molecular flexibility index (Phi) is 5.67. The van der Waals surface area contributed by atoms with Crippen LogP contribution in [0.1, 0.15) is 17.5 Å². The summed E-state index contributed by atoms with van der Waals surface area (Å²) < 4.78 is 5.26. The number of alkyl halides is 1. The Morgan fingerprint density at radius 1 is 1.26 bits per heavy atom. The van der Waals surface area contributed by atoms with E-state index in [-0.39, 0.29) is 11.8 Å².